The standard InChI is InChI=1S/C15H19NO2.C9H9NO.C6H10O/c1-18-13-7-5-12(6-8-13)14(11-16)15(17)9-3-2-4-10-15;1-11-9-4-2-8(3-5-9)6-7-10;7-6-4-2-1-3-5-6/h5-8,14,17H,2-4,9-10H2,1H3;2-5H,6H2,1H3;1-5H2. The van der Waals surface area contributed by atoms with Gasteiger partial charge in [0.25, 0.3) is 0 Å². The summed E-state index contributed by atoms with van der Waals surface area (Å²) in [6.07, 6.45) is 10.3. The van der Waals surface area contributed by atoms with Crippen molar-refractivity contribution in [1.82, 2.24) is 0 Å². The summed E-state index contributed by atoms with van der Waals surface area (Å²) in [5, 5.41) is 28.4. The maximum absolute atomic E-state index is 10.7. The predicted octanol–water partition coefficient (Wildman–Crippen LogP) is 6.28. The molecule has 192 valence electrons. The molecule has 6 nitrogen and oxygen atoms in total. The van der Waals surface area contributed by atoms with Gasteiger partial charge >= 0.3 is 0 Å². The lowest BCUT2D eigenvalue weighted by Gasteiger charge is -2.36. The van der Waals surface area contributed by atoms with Gasteiger partial charge < -0.3 is 14.6 Å². The molecule has 0 amide bonds. The van der Waals surface area contributed by atoms with Crippen LogP contribution in [0.1, 0.15) is 81.3 Å². The Bertz CT molecular complexity index is 989. The zero-order valence-electron chi connectivity index (χ0n) is 21.5. The monoisotopic (exact) mass is 490 g/mol. The number of carbonyl (C=O) groups excluding carboxylic acids is 1. The van der Waals surface area contributed by atoms with E-state index >= 15 is 0 Å². The second kappa shape index (κ2) is 15.6. The van der Waals surface area contributed by atoms with Gasteiger partial charge in [-0.3, -0.25) is 4.79 Å². The van der Waals surface area contributed by atoms with Gasteiger partial charge in [0.05, 0.1) is 44.3 Å². The zero-order chi connectivity index (χ0) is 26.2. The Kier molecular flexibility index (Phi) is 12.5. The van der Waals surface area contributed by atoms with Crippen LogP contribution in [0.4, 0.5) is 0 Å². The van der Waals surface area contributed by atoms with Crippen LogP contribution >= 0.6 is 0 Å². The molecule has 2 aliphatic rings. The fraction of sp³-hybridized carbons (Fsp3) is 0.500. The van der Waals surface area contributed by atoms with Crippen LogP contribution in [0, 0.1) is 22.7 Å². The lowest BCUT2D eigenvalue weighted by molar-refractivity contribution is -0.120. The van der Waals surface area contributed by atoms with Crippen LogP contribution in [0.25, 0.3) is 0 Å². The van der Waals surface area contributed by atoms with Gasteiger partial charge in [0.2, 0.25) is 0 Å². The Hall–Kier alpha value is -3.35. The third kappa shape index (κ3) is 9.36. The second-order valence-electron chi connectivity index (χ2n) is 9.28. The fourth-order valence-corrected chi connectivity index (χ4v) is 4.53. The normalized spacial score (nSPS) is 17.0. The van der Waals surface area contributed by atoms with Crippen molar-refractivity contribution in [2.45, 2.75) is 82.1 Å². The van der Waals surface area contributed by atoms with Crippen LogP contribution in [0.2, 0.25) is 0 Å². The summed E-state index contributed by atoms with van der Waals surface area (Å²) < 4.78 is 10.1. The first kappa shape index (κ1) is 28.9. The lowest BCUT2D eigenvalue weighted by atomic mass is 9.73. The molecule has 0 radical (unpaired) electrons. The van der Waals surface area contributed by atoms with E-state index in [1.807, 2.05) is 48.5 Å². The maximum atomic E-state index is 10.7. The number of hydrogen-bond donors (Lipinski definition) is 1. The van der Waals surface area contributed by atoms with Gasteiger partial charge in [-0.15, -0.1) is 0 Å². The highest BCUT2D eigenvalue weighted by Crippen LogP contribution is 2.39. The quantitative estimate of drug-likeness (QED) is 0.529. The molecule has 1 N–H and O–H groups in total. The maximum Gasteiger partial charge on any atom is 0.132 e. The molecule has 1 unspecified atom stereocenters. The molecule has 0 spiro atoms. The highest BCUT2D eigenvalue weighted by atomic mass is 16.5. The number of carbonyl (C=O) groups is 1. The van der Waals surface area contributed by atoms with Gasteiger partial charge in [-0.2, -0.15) is 10.5 Å². The van der Waals surface area contributed by atoms with E-state index in [2.05, 4.69) is 12.1 Å². The van der Waals surface area contributed by atoms with E-state index in [0.717, 1.165) is 80.4 Å². The Morgan fingerprint density at radius 2 is 1.33 bits per heavy atom. The lowest BCUT2D eigenvalue weighted by Crippen LogP contribution is -2.37. The van der Waals surface area contributed by atoms with Crippen LogP contribution in [0.5, 0.6) is 11.5 Å². The average molecular weight is 491 g/mol. The highest BCUT2D eigenvalue weighted by molar-refractivity contribution is 5.78. The minimum atomic E-state index is -0.860. The van der Waals surface area contributed by atoms with Crippen LogP contribution in [0.3, 0.4) is 0 Å². The highest BCUT2D eigenvalue weighted by Gasteiger charge is 2.38. The van der Waals surface area contributed by atoms with E-state index < -0.39 is 11.5 Å². The third-order valence-electron chi connectivity index (χ3n) is 6.69. The van der Waals surface area contributed by atoms with E-state index in [0.29, 0.717) is 12.2 Å². The summed E-state index contributed by atoms with van der Waals surface area (Å²) in [5.74, 6) is 1.62. The van der Waals surface area contributed by atoms with E-state index in [4.69, 9.17) is 14.7 Å². The van der Waals surface area contributed by atoms with E-state index in [-0.39, 0.29) is 0 Å². The van der Waals surface area contributed by atoms with Crippen molar-refractivity contribution >= 4 is 5.78 Å². The summed E-state index contributed by atoms with van der Waals surface area (Å²) >= 11 is 0. The van der Waals surface area contributed by atoms with Crippen LogP contribution in [0.15, 0.2) is 48.5 Å². The minimum Gasteiger partial charge on any atom is -0.497 e. The molecule has 0 bridgehead atoms. The van der Waals surface area contributed by atoms with Crippen molar-refractivity contribution in [3.8, 4) is 23.6 Å². The van der Waals surface area contributed by atoms with Crippen molar-refractivity contribution in [2.75, 3.05) is 14.2 Å². The number of ketones is 1. The molecule has 2 aromatic carbocycles. The molecule has 2 fully saturated rings. The Morgan fingerprint density at radius 1 is 0.833 bits per heavy atom. The molecule has 0 heterocycles. The number of hydrogen-bond acceptors (Lipinski definition) is 6. The molecule has 6 heteroatoms. The molecule has 2 aliphatic carbocycles. The molecule has 1 atom stereocenters. The Morgan fingerprint density at radius 3 is 1.75 bits per heavy atom. The number of Topliss-reactive ketones (excluding diaryl/α,β-unsaturated/α-hetero) is 1. The van der Waals surface area contributed by atoms with Gasteiger partial charge in [-0.05, 0) is 61.1 Å². The molecule has 4 rings (SSSR count). The van der Waals surface area contributed by atoms with Crippen LogP contribution in [-0.4, -0.2) is 30.7 Å². The topological polar surface area (TPSA) is 103 Å². The molecular formula is C30H38N2O4. The van der Waals surface area contributed by atoms with Crippen molar-refractivity contribution < 1.29 is 19.4 Å². The summed E-state index contributed by atoms with van der Waals surface area (Å²) in [6, 6.07) is 19.3. The molecule has 0 aliphatic heterocycles. The van der Waals surface area contributed by atoms with Crippen molar-refractivity contribution in [1.29, 1.82) is 10.5 Å². The molecule has 0 saturated heterocycles. The summed E-state index contributed by atoms with van der Waals surface area (Å²) in [7, 11) is 3.24. The van der Waals surface area contributed by atoms with Crippen molar-refractivity contribution in [3.05, 3.63) is 59.7 Å². The van der Waals surface area contributed by atoms with Gasteiger partial charge in [-0.25, -0.2) is 0 Å². The first-order valence-corrected chi connectivity index (χ1v) is 12.7. The molecule has 36 heavy (non-hydrogen) atoms. The third-order valence-corrected chi connectivity index (χ3v) is 6.69. The number of rotatable bonds is 5. The van der Waals surface area contributed by atoms with Crippen molar-refractivity contribution in [2.24, 2.45) is 0 Å². The first-order valence-electron chi connectivity index (χ1n) is 12.7. The summed E-state index contributed by atoms with van der Waals surface area (Å²) in [6.45, 7) is 0. The molecule has 2 aromatic rings. The Balaban J connectivity index is 0.000000214. The van der Waals surface area contributed by atoms with Gasteiger partial charge in [0, 0.05) is 12.8 Å². The summed E-state index contributed by atoms with van der Waals surface area (Å²) in [5.41, 5.74) is 1.04. The zero-order valence-corrected chi connectivity index (χ0v) is 21.5. The smallest absolute Gasteiger partial charge is 0.132 e. The van der Waals surface area contributed by atoms with E-state index in [1.165, 1.54) is 6.42 Å². The van der Waals surface area contributed by atoms with Gasteiger partial charge in [0.1, 0.15) is 17.3 Å². The van der Waals surface area contributed by atoms with Crippen LogP contribution in [-0.2, 0) is 11.2 Å². The largest absolute Gasteiger partial charge is 0.497 e. The molecular weight excluding hydrogens is 452 g/mol. The van der Waals surface area contributed by atoms with Gasteiger partial charge in [0.15, 0.2) is 0 Å². The number of methoxy groups -OCH3 is 2. The fourth-order valence-electron chi connectivity index (χ4n) is 4.53. The Labute approximate surface area is 215 Å². The number of nitriles is 2. The van der Waals surface area contributed by atoms with Gasteiger partial charge in [-0.1, -0.05) is 49.9 Å². The molecule has 0 aromatic heterocycles. The van der Waals surface area contributed by atoms with Crippen LogP contribution < -0.4 is 9.47 Å². The van der Waals surface area contributed by atoms with E-state index in [1.54, 1.807) is 14.2 Å². The average Bonchev–Trinajstić information content (AvgIpc) is 2.92. The minimum absolute atomic E-state index is 0.441. The first-order chi connectivity index (χ1) is 17.5. The number of nitrogens with zero attached hydrogens (tertiary/aromatic N) is 2. The molecule has 2 saturated carbocycles. The number of ether oxygens (including phenoxy) is 2. The SMILES string of the molecule is COc1ccc(C(C#N)C2(O)CCCCC2)cc1.COc1ccc(CC#N)cc1.O=C1CCCCC1. The summed E-state index contributed by atoms with van der Waals surface area (Å²) in [4.78, 5) is 10.5. The number of aliphatic hydroxyl groups is 1. The predicted molar refractivity (Wildman–Crippen MR) is 140 cm³/mol. The van der Waals surface area contributed by atoms with Crippen molar-refractivity contribution in [3.63, 3.8) is 0 Å². The second-order valence-corrected chi connectivity index (χ2v) is 9.28. The van der Waals surface area contributed by atoms with E-state index in [9.17, 15) is 15.2 Å². The number of benzene rings is 2.